The van der Waals surface area contributed by atoms with Crippen LogP contribution < -0.4 is 0 Å². The van der Waals surface area contributed by atoms with Crippen molar-refractivity contribution in [3.63, 3.8) is 0 Å². The quantitative estimate of drug-likeness (QED) is 0.184. The topological polar surface area (TPSA) is 126 Å². The van der Waals surface area contributed by atoms with Crippen LogP contribution in [-0.2, 0) is 23.8 Å². The van der Waals surface area contributed by atoms with E-state index in [-0.39, 0.29) is 60.2 Å². The zero-order valence-corrected chi connectivity index (χ0v) is 26.3. The SMILES string of the molecule is C=C1C(=O)O[C@H]2[C@H]1CC/C(C)=C/CC[C@@]1(C)O[C@@H]21.C=C1CC[C@@H]2[C@](C)(CO)[C@H](O)CC[C@@]2(C)[C@@H]1C/C=C1/C(=O)OC[C@H]1O. The maximum atomic E-state index is 11.8. The number of carbonyl (C=O) groups is 2. The van der Waals surface area contributed by atoms with Crippen LogP contribution in [0.3, 0.4) is 0 Å². The first-order valence-electron chi connectivity index (χ1n) is 16.0. The Balaban J connectivity index is 0.000000180. The van der Waals surface area contributed by atoms with Gasteiger partial charge in [-0.1, -0.05) is 50.3 Å². The first-order chi connectivity index (χ1) is 20.2. The summed E-state index contributed by atoms with van der Waals surface area (Å²) in [5, 5.41) is 30.4. The second-order valence-electron chi connectivity index (χ2n) is 14.5. The largest absolute Gasteiger partial charge is 0.459 e. The Morgan fingerprint density at radius 1 is 1.05 bits per heavy atom. The van der Waals surface area contributed by atoms with E-state index in [1.165, 1.54) is 5.57 Å². The van der Waals surface area contributed by atoms with Gasteiger partial charge >= 0.3 is 11.9 Å². The molecule has 5 fully saturated rings. The maximum Gasteiger partial charge on any atom is 0.336 e. The van der Waals surface area contributed by atoms with E-state index in [2.05, 4.69) is 40.0 Å². The van der Waals surface area contributed by atoms with Crippen molar-refractivity contribution in [3.05, 3.63) is 47.6 Å². The molecule has 0 spiro atoms. The average Bonchev–Trinajstić information content (AvgIpc) is 3.41. The van der Waals surface area contributed by atoms with E-state index in [0.717, 1.165) is 50.5 Å². The Kier molecular flexibility index (Phi) is 8.91. The second-order valence-corrected chi connectivity index (χ2v) is 14.5. The number of aliphatic hydroxyl groups excluding tert-OH is 3. The Morgan fingerprint density at radius 2 is 1.79 bits per heavy atom. The number of carbonyl (C=O) groups excluding carboxylic acids is 2. The normalized spacial score (nSPS) is 46.3. The molecule has 0 amide bonds. The van der Waals surface area contributed by atoms with Gasteiger partial charge in [0.1, 0.15) is 24.9 Å². The molecule has 238 valence electrons. The minimum absolute atomic E-state index is 0.0280. The highest BCUT2D eigenvalue weighted by atomic mass is 16.6. The summed E-state index contributed by atoms with van der Waals surface area (Å²) in [6, 6.07) is 0. The molecule has 0 unspecified atom stereocenters. The van der Waals surface area contributed by atoms with Gasteiger partial charge in [-0.05, 0) is 88.9 Å². The monoisotopic (exact) mass is 598 g/mol. The minimum Gasteiger partial charge on any atom is -0.459 e. The molecular formula is C35H50O8. The molecule has 6 aliphatic rings. The van der Waals surface area contributed by atoms with Crippen molar-refractivity contribution in [1.82, 2.24) is 0 Å². The molecule has 0 aromatic rings. The van der Waals surface area contributed by atoms with E-state index in [0.29, 0.717) is 24.0 Å². The van der Waals surface area contributed by atoms with Crippen LogP contribution in [0.4, 0.5) is 0 Å². The molecule has 10 atom stereocenters. The predicted molar refractivity (Wildman–Crippen MR) is 162 cm³/mol. The summed E-state index contributed by atoms with van der Waals surface area (Å²) in [5.74, 6) is -0.176. The fourth-order valence-corrected chi connectivity index (χ4v) is 8.77. The predicted octanol–water partition coefficient (Wildman–Crippen LogP) is 4.72. The van der Waals surface area contributed by atoms with Crippen LogP contribution in [0.2, 0.25) is 0 Å². The molecule has 0 bridgehead atoms. The molecule has 3 aliphatic heterocycles. The van der Waals surface area contributed by atoms with E-state index in [1.54, 1.807) is 0 Å². The molecule has 3 aliphatic carbocycles. The smallest absolute Gasteiger partial charge is 0.336 e. The molecule has 3 saturated heterocycles. The highest BCUT2D eigenvalue weighted by Gasteiger charge is 2.61. The van der Waals surface area contributed by atoms with E-state index >= 15 is 0 Å². The molecule has 3 heterocycles. The Labute approximate surface area is 255 Å². The van der Waals surface area contributed by atoms with Gasteiger partial charge in [0.05, 0.1) is 23.9 Å². The van der Waals surface area contributed by atoms with Gasteiger partial charge in [-0.25, -0.2) is 9.59 Å². The van der Waals surface area contributed by atoms with E-state index in [4.69, 9.17) is 14.2 Å². The number of rotatable bonds is 3. The van der Waals surface area contributed by atoms with Gasteiger partial charge in [0.2, 0.25) is 0 Å². The van der Waals surface area contributed by atoms with E-state index in [9.17, 15) is 24.9 Å². The molecule has 3 N–H and O–H groups in total. The third-order valence-corrected chi connectivity index (χ3v) is 11.8. The first-order valence-corrected chi connectivity index (χ1v) is 16.0. The van der Waals surface area contributed by atoms with Crippen LogP contribution in [0.25, 0.3) is 0 Å². The zero-order valence-electron chi connectivity index (χ0n) is 26.3. The summed E-state index contributed by atoms with van der Waals surface area (Å²) in [4.78, 5) is 23.4. The lowest BCUT2D eigenvalue weighted by Crippen LogP contribution is -2.57. The number of cyclic esters (lactones) is 1. The summed E-state index contributed by atoms with van der Waals surface area (Å²) in [5.41, 5.74) is 2.82. The minimum atomic E-state index is -0.844. The summed E-state index contributed by atoms with van der Waals surface area (Å²) < 4.78 is 16.2. The Morgan fingerprint density at radius 3 is 2.47 bits per heavy atom. The highest BCUT2D eigenvalue weighted by Crippen LogP contribution is 2.61. The molecule has 0 aromatic heterocycles. The van der Waals surface area contributed by atoms with Crippen LogP contribution in [0.1, 0.15) is 85.5 Å². The lowest BCUT2D eigenvalue weighted by Gasteiger charge is -2.59. The van der Waals surface area contributed by atoms with Crippen molar-refractivity contribution in [1.29, 1.82) is 0 Å². The Bertz CT molecular complexity index is 1220. The molecule has 2 saturated carbocycles. The van der Waals surface area contributed by atoms with Crippen molar-refractivity contribution >= 4 is 11.9 Å². The van der Waals surface area contributed by atoms with Crippen molar-refractivity contribution in [2.45, 2.75) is 115 Å². The average molecular weight is 599 g/mol. The van der Waals surface area contributed by atoms with Crippen molar-refractivity contribution in [3.8, 4) is 0 Å². The number of ether oxygens (including phenoxy) is 3. The molecule has 8 nitrogen and oxygen atoms in total. The summed E-state index contributed by atoms with van der Waals surface area (Å²) in [6.07, 6.45) is 10.7. The van der Waals surface area contributed by atoms with Gasteiger partial charge in [0.25, 0.3) is 0 Å². The fourth-order valence-electron chi connectivity index (χ4n) is 8.77. The Hall–Kier alpha value is -2.26. The number of hydrogen-bond acceptors (Lipinski definition) is 8. The third kappa shape index (κ3) is 5.81. The summed E-state index contributed by atoms with van der Waals surface area (Å²) in [6.45, 7) is 16.7. The summed E-state index contributed by atoms with van der Waals surface area (Å²) >= 11 is 0. The van der Waals surface area contributed by atoms with Gasteiger partial charge in [0.15, 0.2) is 0 Å². The number of fused-ring (bicyclic) bond motifs is 4. The van der Waals surface area contributed by atoms with Crippen LogP contribution >= 0.6 is 0 Å². The number of epoxide rings is 1. The number of aliphatic hydroxyl groups is 3. The molecular weight excluding hydrogens is 548 g/mol. The molecule has 6 rings (SSSR count). The standard InChI is InChI=1S/C20H30O5.C15H20O3/c1-12-4-7-16-19(2,9-8-17(23)20(16,3)11-21)14(12)6-5-13-15(22)10-25-18(13)24;1-9-5-4-8-15(3)13(18-15)12-11(7-6-9)10(2)14(16)17-12/h5,14-17,21-23H,1,4,6-11H2,2-3H3;5,11-13H,2,4,6-8H2,1,3H3/b13-5+;9-5+/t14-,15-,16+,17-,19+,20+;11-,12-,13-,15+/m10/s1. The summed E-state index contributed by atoms with van der Waals surface area (Å²) in [7, 11) is 0. The zero-order chi connectivity index (χ0) is 31.3. The maximum absolute atomic E-state index is 11.8. The lowest BCUT2D eigenvalue weighted by atomic mass is 9.46. The van der Waals surface area contributed by atoms with Gasteiger partial charge < -0.3 is 29.5 Å². The molecule has 8 heteroatoms. The second kappa shape index (κ2) is 11.9. The first kappa shape index (κ1) is 32.1. The van der Waals surface area contributed by atoms with Crippen molar-refractivity contribution in [2.24, 2.45) is 28.6 Å². The van der Waals surface area contributed by atoms with Crippen LogP contribution in [0.5, 0.6) is 0 Å². The van der Waals surface area contributed by atoms with Crippen LogP contribution in [0, 0.1) is 28.6 Å². The van der Waals surface area contributed by atoms with Crippen molar-refractivity contribution in [2.75, 3.05) is 13.2 Å². The number of hydrogen-bond donors (Lipinski definition) is 3. The van der Waals surface area contributed by atoms with Crippen molar-refractivity contribution < 1.29 is 39.1 Å². The molecule has 43 heavy (non-hydrogen) atoms. The third-order valence-electron chi connectivity index (χ3n) is 11.8. The van der Waals surface area contributed by atoms with Gasteiger partial charge in [0, 0.05) is 16.9 Å². The fraction of sp³-hybridized carbons (Fsp3) is 0.714. The molecule has 0 aromatic carbocycles. The van der Waals surface area contributed by atoms with Gasteiger partial charge in [-0.2, -0.15) is 0 Å². The van der Waals surface area contributed by atoms with E-state index < -0.39 is 23.6 Å². The van der Waals surface area contributed by atoms with E-state index in [1.807, 2.05) is 13.0 Å². The van der Waals surface area contributed by atoms with Gasteiger partial charge in [-0.15, -0.1) is 0 Å². The van der Waals surface area contributed by atoms with Crippen LogP contribution in [0.15, 0.2) is 47.6 Å². The highest BCUT2D eigenvalue weighted by molar-refractivity contribution is 5.91. The number of allylic oxidation sites excluding steroid dienone is 4. The van der Waals surface area contributed by atoms with Gasteiger partial charge in [-0.3, -0.25) is 0 Å². The lowest BCUT2D eigenvalue weighted by molar-refractivity contribution is -0.151. The number of esters is 2. The molecule has 0 radical (unpaired) electrons. The van der Waals surface area contributed by atoms with Crippen LogP contribution in [-0.4, -0.2) is 70.5 Å².